The van der Waals surface area contributed by atoms with Gasteiger partial charge in [-0.05, 0) is 32.2 Å². The van der Waals surface area contributed by atoms with Crippen molar-refractivity contribution in [3.05, 3.63) is 65.2 Å². The zero-order valence-corrected chi connectivity index (χ0v) is 13.4. The van der Waals surface area contributed by atoms with Crippen molar-refractivity contribution in [2.45, 2.75) is 19.5 Å². The number of hydrogen-bond acceptors (Lipinski definition) is 3. The van der Waals surface area contributed by atoms with Crippen LogP contribution in [-0.4, -0.2) is 23.9 Å². The average Bonchev–Trinajstić information content (AvgIpc) is 2.57. The Balaban J connectivity index is 2.05. The Morgan fingerprint density at radius 2 is 2.00 bits per heavy atom. The standard InChI is InChI=1S/C18H17F2N3O/c1-12(18(24)22-17-6-4-3-5-13(17)10-21)23(2)11-14-7-8-15(19)9-16(14)20/h3-9,12H,11H2,1-2H3,(H,22,24). The molecule has 0 radical (unpaired) electrons. The minimum atomic E-state index is -0.649. The highest BCUT2D eigenvalue weighted by molar-refractivity contribution is 5.95. The third-order valence-electron chi connectivity index (χ3n) is 3.78. The van der Waals surface area contributed by atoms with Crippen LogP contribution >= 0.6 is 0 Å². The number of anilines is 1. The molecule has 0 aliphatic carbocycles. The molecule has 1 atom stereocenters. The zero-order chi connectivity index (χ0) is 17.7. The van der Waals surface area contributed by atoms with Crippen LogP contribution in [0.5, 0.6) is 0 Å². The number of likely N-dealkylation sites (N-methyl/N-ethyl adjacent to an activating group) is 1. The molecule has 124 valence electrons. The quantitative estimate of drug-likeness (QED) is 0.916. The summed E-state index contributed by atoms with van der Waals surface area (Å²) in [5.41, 5.74) is 1.10. The Hall–Kier alpha value is -2.78. The summed E-state index contributed by atoms with van der Waals surface area (Å²) in [5.74, 6) is -1.61. The van der Waals surface area contributed by atoms with E-state index < -0.39 is 17.7 Å². The molecule has 0 aliphatic rings. The van der Waals surface area contributed by atoms with E-state index in [9.17, 15) is 13.6 Å². The van der Waals surface area contributed by atoms with Crippen molar-refractivity contribution in [3.63, 3.8) is 0 Å². The van der Waals surface area contributed by atoms with Gasteiger partial charge in [0, 0.05) is 18.2 Å². The van der Waals surface area contributed by atoms with Gasteiger partial charge in [0.25, 0.3) is 0 Å². The maximum absolute atomic E-state index is 13.7. The molecule has 0 saturated heterocycles. The summed E-state index contributed by atoms with van der Waals surface area (Å²) in [4.78, 5) is 14.0. The summed E-state index contributed by atoms with van der Waals surface area (Å²) in [6.45, 7) is 1.83. The van der Waals surface area contributed by atoms with E-state index in [2.05, 4.69) is 5.32 Å². The van der Waals surface area contributed by atoms with E-state index in [0.29, 0.717) is 16.8 Å². The lowest BCUT2D eigenvalue weighted by Gasteiger charge is -2.24. The van der Waals surface area contributed by atoms with E-state index in [4.69, 9.17) is 5.26 Å². The first kappa shape index (κ1) is 17.6. The molecule has 4 nitrogen and oxygen atoms in total. The molecule has 24 heavy (non-hydrogen) atoms. The summed E-state index contributed by atoms with van der Waals surface area (Å²) >= 11 is 0. The van der Waals surface area contributed by atoms with Crippen molar-refractivity contribution in [1.82, 2.24) is 4.90 Å². The monoisotopic (exact) mass is 329 g/mol. The highest BCUT2D eigenvalue weighted by atomic mass is 19.1. The van der Waals surface area contributed by atoms with Crippen LogP contribution in [0.25, 0.3) is 0 Å². The van der Waals surface area contributed by atoms with Crippen molar-refractivity contribution in [2.75, 3.05) is 12.4 Å². The second-order valence-corrected chi connectivity index (χ2v) is 5.47. The van der Waals surface area contributed by atoms with Crippen molar-refractivity contribution in [2.24, 2.45) is 0 Å². The lowest BCUT2D eigenvalue weighted by Crippen LogP contribution is -2.39. The van der Waals surface area contributed by atoms with E-state index in [1.165, 1.54) is 12.1 Å². The fourth-order valence-corrected chi connectivity index (χ4v) is 2.18. The van der Waals surface area contributed by atoms with Gasteiger partial charge in [0.1, 0.15) is 17.7 Å². The van der Waals surface area contributed by atoms with Gasteiger partial charge in [-0.3, -0.25) is 9.69 Å². The minimum Gasteiger partial charge on any atom is -0.324 e. The number of amides is 1. The average molecular weight is 329 g/mol. The Morgan fingerprint density at radius 1 is 1.29 bits per heavy atom. The van der Waals surface area contributed by atoms with E-state index >= 15 is 0 Å². The maximum atomic E-state index is 13.7. The molecule has 0 heterocycles. The van der Waals surface area contributed by atoms with Gasteiger partial charge in [-0.1, -0.05) is 18.2 Å². The third-order valence-corrected chi connectivity index (χ3v) is 3.78. The molecule has 0 aromatic heterocycles. The number of nitrogens with zero attached hydrogens (tertiary/aromatic N) is 2. The van der Waals surface area contributed by atoms with Gasteiger partial charge in [0.05, 0.1) is 17.3 Å². The highest BCUT2D eigenvalue weighted by Crippen LogP contribution is 2.16. The number of rotatable bonds is 5. The Morgan fingerprint density at radius 3 is 2.67 bits per heavy atom. The predicted molar refractivity (Wildman–Crippen MR) is 87.1 cm³/mol. The van der Waals surface area contributed by atoms with Crippen molar-refractivity contribution in [3.8, 4) is 6.07 Å². The number of halogens is 2. The number of carbonyl (C=O) groups is 1. The summed E-state index contributed by atoms with van der Waals surface area (Å²) in [6.07, 6.45) is 0. The number of nitrogens with one attached hydrogen (secondary N) is 1. The molecule has 0 spiro atoms. The minimum absolute atomic E-state index is 0.153. The fourth-order valence-electron chi connectivity index (χ4n) is 2.18. The Bertz CT molecular complexity index is 786. The maximum Gasteiger partial charge on any atom is 0.241 e. The van der Waals surface area contributed by atoms with Crippen LogP contribution in [-0.2, 0) is 11.3 Å². The number of carbonyl (C=O) groups excluding carboxylic acids is 1. The van der Waals surface area contributed by atoms with Crippen molar-refractivity contribution < 1.29 is 13.6 Å². The van der Waals surface area contributed by atoms with Crippen molar-refractivity contribution in [1.29, 1.82) is 5.26 Å². The van der Waals surface area contributed by atoms with Crippen LogP contribution < -0.4 is 5.32 Å². The number of hydrogen-bond donors (Lipinski definition) is 1. The third kappa shape index (κ3) is 4.15. The van der Waals surface area contributed by atoms with Crippen LogP contribution in [0.4, 0.5) is 14.5 Å². The number of para-hydroxylation sites is 1. The Labute approximate surface area is 139 Å². The van der Waals surface area contributed by atoms with E-state index in [-0.39, 0.29) is 12.5 Å². The molecule has 1 amide bonds. The highest BCUT2D eigenvalue weighted by Gasteiger charge is 2.20. The summed E-state index contributed by atoms with van der Waals surface area (Å²) < 4.78 is 26.7. The van der Waals surface area contributed by atoms with E-state index in [0.717, 1.165) is 6.07 Å². The van der Waals surface area contributed by atoms with Crippen LogP contribution in [0.1, 0.15) is 18.1 Å². The lowest BCUT2D eigenvalue weighted by atomic mass is 10.1. The topological polar surface area (TPSA) is 56.1 Å². The van der Waals surface area contributed by atoms with Gasteiger partial charge in [-0.25, -0.2) is 8.78 Å². The Kier molecular flexibility index (Phi) is 5.61. The molecular weight excluding hydrogens is 312 g/mol. The first-order valence-corrected chi connectivity index (χ1v) is 7.36. The molecule has 0 bridgehead atoms. The predicted octanol–water partition coefficient (Wildman–Crippen LogP) is 3.30. The summed E-state index contributed by atoms with van der Waals surface area (Å²) in [5, 5.41) is 11.7. The van der Waals surface area contributed by atoms with Gasteiger partial charge in [-0.2, -0.15) is 5.26 Å². The van der Waals surface area contributed by atoms with Crippen LogP contribution in [0, 0.1) is 23.0 Å². The van der Waals surface area contributed by atoms with E-state index in [1.54, 1.807) is 43.1 Å². The molecule has 2 rings (SSSR count). The second kappa shape index (κ2) is 7.66. The van der Waals surface area contributed by atoms with Crippen LogP contribution in [0.2, 0.25) is 0 Å². The zero-order valence-electron chi connectivity index (χ0n) is 13.4. The molecule has 1 unspecified atom stereocenters. The molecular formula is C18H17F2N3O. The number of nitriles is 1. The molecule has 1 N–H and O–H groups in total. The van der Waals surface area contributed by atoms with Crippen molar-refractivity contribution >= 4 is 11.6 Å². The second-order valence-electron chi connectivity index (χ2n) is 5.47. The van der Waals surface area contributed by atoms with Crippen LogP contribution in [0.3, 0.4) is 0 Å². The summed E-state index contributed by atoms with van der Waals surface area (Å²) in [7, 11) is 1.67. The van der Waals surface area contributed by atoms with Gasteiger partial charge in [0.2, 0.25) is 5.91 Å². The lowest BCUT2D eigenvalue weighted by molar-refractivity contribution is -0.120. The van der Waals surface area contributed by atoms with E-state index in [1.807, 2.05) is 6.07 Å². The molecule has 2 aromatic carbocycles. The smallest absolute Gasteiger partial charge is 0.241 e. The number of benzene rings is 2. The molecule has 2 aromatic rings. The molecule has 0 aliphatic heterocycles. The van der Waals surface area contributed by atoms with Gasteiger partial charge in [-0.15, -0.1) is 0 Å². The van der Waals surface area contributed by atoms with Gasteiger partial charge < -0.3 is 5.32 Å². The normalized spacial score (nSPS) is 11.8. The SMILES string of the molecule is CC(C(=O)Nc1ccccc1C#N)N(C)Cc1ccc(F)cc1F. The largest absolute Gasteiger partial charge is 0.324 e. The molecule has 0 fully saturated rings. The first-order chi connectivity index (χ1) is 11.4. The molecule has 0 saturated carbocycles. The van der Waals surface area contributed by atoms with Gasteiger partial charge in [0.15, 0.2) is 0 Å². The van der Waals surface area contributed by atoms with Crippen LogP contribution in [0.15, 0.2) is 42.5 Å². The summed E-state index contributed by atoms with van der Waals surface area (Å²) in [6, 6.07) is 11.5. The van der Waals surface area contributed by atoms with Gasteiger partial charge >= 0.3 is 0 Å². The molecule has 6 heteroatoms. The fraction of sp³-hybridized carbons (Fsp3) is 0.222. The first-order valence-electron chi connectivity index (χ1n) is 7.36.